The van der Waals surface area contributed by atoms with Gasteiger partial charge in [0.2, 0.25) is 0 Å². The second kappa shape index (κ2) is 7.87. The van der Waals surface area contributed by atoms with Gasteiger partial charge in [-0.2, -0.15) is 0 Å². The van der Waals surface area contributed by atoms with Crippen LogP contribution in [0, 0.1) is 0 Å². The number of imide groups is 1. The third-order valence-corrected chi connectivity index (χ3v) is 4.48. The number of amides is 3. The quantitative estimate of drug-likeness (QED) is 0.640. The van der Waals surface area contributed by atoms with E-state index in [9.17, 15) is 9.59 Å². The molecule has 0 spiro atoms. The minimum absolute atomic E-state index is 0.268. The first-order valence-electron chi connectivity index (χ1n) is 8.85. The average molecular weight is 349 g/mol. The lowest BCUT2D eigenvalue weighted by Crippen LogP contribution is -2.30. The van der Waals surface area contributed by atoms with E-state index in [1.807, 2.05) is 54.6 Å². The van der Waals surface area contributed by atoms with Gasteiger partial charge < -0.3 is 10.2 Å². The molecular weight excluding hydrogens is 326 g/mol. The number of carbonyl (C=O) groups is 2. The molecule has 0 saturated carbocycles. The molecule has 0 bridgehead atoms. The summed E-state index contributed by atoms with van der Waals surface area (Å²) >= 11 is 0. The molecule has 5 nitrogen and oxygen atoms in total. The molecule has 0 atom stereocenters. The second-order valence-corrected chi connectivity index (χ2v) is 6.13. The monoisotopic (exact) mass is 349 g/mol. The summed E-state index contributed by atoms with van der Waals surface area (Å²) in [4.78, 5) is 28.2. The van der Waals surface area contributed by atoms with Crippen molar-refractivity contribution in [1.82, 2.24) is 10.2 Å². The van der Waals surface area contributed by atoms with E-state index in [1.165, 1.54) is 4.90 Å². The minimum atomic E-state index is -0.384. The SMILES string of the molecule is CCN(CC)c1ccc(/C=C2/NC(=O)N(Cc3ccccc3)C2=O)cc1. The van der Waals surface area contributed by atoms with Crippen LogP contribution in [0.5, 0.6) is 0 Å². The Kier molecular flexibility index (Phi) is 5.37. The fourth-order valence-electron chi connectivity index (χ4n) is 3.02. The number of hydrogen-bond donors (Lipinski definition) is 1. The van der Waals surface area contributed by atoms with Crippen molar-refractivity contribution in [3.05, 3.63) is 71.4 Å². The van der Waals surface area contributed by atoms with Crippen LogP contribution in [-0.2, 0) is 11.3 Å². The molecule has 2 aromatic rings. The number of hydrogen-bond acceptors (Lipinski definition) is 3. The Bertz CT molecular complexity index is 809. The molecule has 2 aromatic carbocycles. The highest BCUT2D eigenvalue weighted by atomic mass is 16.2. The van der Waals surface area contributed by atoms with Gasteiger partial charge in [0.1, 0.15) is 5.70 Å². The van der Waals surface area contributed by atoms with Crippen LogP contribution in [0.4, 0.5) is 10.5 Å². The standard InChI is InChI=1S/C21H23N3O2/c1-3-23(4-2)18-12-10-16(11-13-18)14-19-20(25)24(21(26)22-19)15-17-8-6-5-7-9-17/h5-14H,3-4,15H2,1-2H3,(H,22,26)/b19-14+. The predicted octanol–water partition coefficient (Wildman–Crippen LogP) is 3.63. The summed E-state index contributed by atoms with van der Waals surface area (Å²) in [5, 5.41) is 2.67. The fraction of sp³-hybridized carbons (Fsp3) is 0.238. The first kappa shape index (κ1) is 17.7. The molecule has 1 saturated heterocycles. The number of benzene rings is 2. The van der Waals surface area contributed by atoms with Gasteiger partial charge in [-0.15, -0.1) is 0 Å². The van der Waals surface area contributed by atoms with E-state index >= 15 is 0 Å². The first-order valence-corrected chi connectivity index (χ1v) is 8.85. The highest BCUT2D eigenvalue weighted by Gasteiger charge is 2.33. The van der Waals surface area contributed by atoms with Crippen molar-refractivity contribution >= 4 is 23.7 Å². The molecule has 5 heteroatoms. The molecule has 0 unspecified atom stereocenters. The zero-order valence-electron chi connectivity index (χ0n) is 15.1. The van der Waals surface area contributed by atoms with Gasteiger partial charge in [0.05, 0.1) is 6.54 Å². The van der Waals surface area contributed by atoms with E-state index in [0.29, 0.717) is 5.70 Å². The molecule has 1 aliphatic rings. The molecule has 1 N–H and O–H groups in total. The van der Waals surface area contributed by atoms with Gasteiger partial charge in [0.25, 0.3) is 5.91 Å². The minimum Gasteiger partial charge on any atom is -0.372 e. The summed E-state index contributed by atoms with van der Waals surface area (Å²) in [6.07, 6.45) is 1.72. The van der Waals surface area contributed by atoms with Crippen LogP contribution in [0.25, 0.3) is 6.08 Å². The summed E-state index contributed by atoms with van der Waals surface area (Å²) < 4.78 is 0. The summed E-state index contributed by atoms with van der Waals surface area (Å²) in [6, 6.07) is 17.1. The second-order valence-electron chi connectivity index (χ2n) is 6.13. The zero-order valence-corrected chi connectivity index (χ0v) is 15.1. The number of anilines is 1. The zero-order chi connectivity index (χ0) is 18.5. The molecule has 0 aliphatic carbocycles. The van der Waals surface area contributed by atoms with Crippen LogP contribution in [0.3, 0.4) is 0 Å². The molecule has 1 aliphatic heterocycles. The third kappa shape index (κ3) is 3.77. The van der Waals surface area contributed by atoms with Crippen LogP contribution >= 0.6 is 0 Å². The Balaban J connectivity index is 1.75. The Morgan fingerprint density at radius 2 is 1.62 bits per heavy atom. The van der Waals surface area contributed by atoms with Crippen molar-refractivity contribution in [2.45, 2.75) is 20.4 Å². The molecule has 1 fully saturated rings. The van der Waals surface area contributed by atoms with Crippen molar-refractivity contribution in [3.63, 3.8) is 0 Å². The molecule has 3 amide bonds. The number of carbonyl (C=O) groups excluding carboxylic acids is 2. The maximum absolute atomic E-state index is 12.6. The summed E-state index contributed by atoms with van der Waals surface area (Å²) in [5.74, 6) is -0.299. The summed E-state index contributed by atoms with van der Waals surface area (Å²) in [5.41, 5.74) is 3.25. The number of nitrogens with one attached hydrogen (secondary N) is 1. The third-order valence-electron chi connectivity index (χ3n) is 4.48. The van der Waals surface area contributed by atoms with Crippen LogP contribution in [0.2, 0.25) is 0 Å². The van der Waals surface area contributed by atoms with Crippen LogP contribution in [0.15, 0.2) is 60.3 Å². The predicted molar refractivity (Wildman–Crippen MR) is 104 cm³/mol. The first-order chi connectivity index (χ1) is 12.6. The number of nitrogens with zero attached hydrogens (tertiary/aromatic N) is 2. The molecule has 1 heterocycles. The van der Waals surface area contributed by atoms with Gasteiger partial charge in [0.15, 0.2) is 0 Å². The Labute approximate surface area is 153 Å². The summed E-state index contributed by atoms with van der Waals surface area (Å²) in [7, 11) is 0. The lowest BCUT2D eigenvalue weighted by Gasteiger charge is -2.20. The van der Waals surface area contributed by atoms with Crippen LogP contribution in [-0.4, -0.2) is 29.9 Å². The summed E-state index contributed by atoms with van der Waals surface area (Å²) in [6.45, 7) is 6.39. The normalized spacial score (nSPS) is 15.5. The van der Waals surface area contributed by atoms with Gasteiger partial charge in [-0.25, -0.2) is 4.79 Å². The average Bonchev–Trinajstić information content (AvgIpc) is 2.92. The van der Waals surface area contributed by atoms with Gasteiger partial charge in [-0.1, -0.05) is 42.5 Å². The van der Waals surface area contributed by atoms with Crippen LogP contribution < -0.4 is 10.2 Å². The number of rotatable bonds is 6. The largest absolute Gasteiger partial charge is 0.372 e. The lowest BCUT2D eigenvalue weighted by atomic mass is 10.1. The molecule has 3 rings (SSSR count). The Hall–Kier alpha value is -3.08. The van der Waals surface area contributed by atoms with Gasteiger partial charge in [-0.05, 0) is 43.2 Å². The van der Waals surface area contributed by atoms with E-state index < -0.39 is 0 Å². The molecule has 0 aromatic heterocycles. The molecule has 134 valence electrons. The Morgan fingerprint density at radius 1 is 0.962 bits per heavy atom. The molecular formula is C21H23N3O2. The van der Waals surface area contributed by atoms with Crippen molar-refractivity contribution in [3.8, 4) is 0 Å². The van der Waals surface area contributed by atoms with E-state index in [2.05, 4.69) is 24.1 Å². The molecule has 0 radical (unpaired) electrons. The highest BCUT2D eigenvalue weighted by molar-refractivity contribution is 6.13. The van der Waals surface area contributed by atoms with Crippen molar-refractivity contribution in [1.29, 1.82) is 0 Å². The van der Waals surface area contributed by atoms with E-state index in [1.54, 1.807) is 6.08 Å². The molecule has 26 heavy (non-hydrogen) atoms. The van der Waals surface area contributed by atoms with E-state index in [4.69, 9.17) is 0 Å². The maximum atomic E-state index is 12.6. The Morgan fingerprint density at radius 3 is 2.23 bits per heavy atom. The van der Waals surface area contributed by atoms with Crippen molar-refractivity contribution < 1.29 is 9.59 Å². The van der Waals surface area contributed by atoms with E-state index in [-0.39, 0.29) is 18.5 Å². The topological polar surface area (TPSA) is 52.7 Å². The van der Waals surface area contributed by atoms with Crippen molar-refractivity contribution in [2.75, 3.05) is 18.0 Å². The lowest BCUT2D eigenvalue weighted by molar-refractivity contribution is -0.123. The highest BCUT2D eigenvalue weighted by Crippen LogP contribution is 2.19. The van der Waals surface area contributed by atoms with Crippen LogP contribution in [0.1, 0.15) is 25.0 Å². The number of urea groups is 1. The smallest absolute Gasteiger partial charge is 0.329 e. The maximum Gasteiger partial charge on any atom is 0.329 e. The van der Waals surface area contributed by atoms with Gasteiger partial charge in [-0.3, -0.25) is 9.69 Å². The van der Waals surface area contributed by atoms with Gasteiger partial charge >= 0.3 is 6.03 Å². The van der Waals surface area contributed by atoms with Gasteiger partial charge in [0, 0.05) is 18.8 Å². The van der Waals surface area contributed by atoms with E-state index in [0.717, 1.165) is 29.9 Å². The van der Waals surface area contributed by atoms with Crippen molar-refractivity contribution in [2.24, 2.45) is 0 Å². The fourth-order valence-corrected chi connectivity index (χ4v) is 3.02.